The van der Waals surface area contributed by atoms with Crippen molar-refractivity contribution in [1.29, 1.82) is 0 Å². The summed E-state index contributed by atoms with van der Waals surface area (Å²) in [5, 5.41) is 0. The molecular formula is C14H27Cl4O4P. The molecule has 0 aromatic carbocycles. The summed E-state index contributed by atoms with van der Waals surface area (Å²) in [6, 6.07) is 0. The van der Waals surface area contributed by atoms with Gasteiger partial charge in [0.15, 0.2) is 0 Å². The normalized spacial score (nSPS) is 13.5. The van der Waals surface area contributed by atoms with E-state index in [1.165, 1.54) is 19.3 Å². The van der Waals surface area contributed by atoms with Gasteiger partial charge in [0.1, 0.15) is 0 Å². The van der Waals surface area contributed by atoms with E-state index in [-0.39, 0.29) is 19.4 Å². The largest absolute Gasteiger partial charge is 0.480 e. The monoisotopic (exact) mass is 430 g/mol. The average molecular weight is 432 g/mol. The van der Waals surface area contributed by atoms with Gasteiger partial charge in [0.05, 0.1) is 6.61 Å². The Balaban J connectivity index is 4.53. The van der Waals surface area contributed by atoms with Crippen LogP contribution in [0.15, 0.2) is 0 Å². The van der Waals surface area contributed by atoms with E-state index in [1.54, 1.807) is 13.8 Å². The smallest absolute Gasteiger partial charge is 0.287 e. The van der Waals surface area contributed by atoms with Gasteiger partial charge in [0, 0.05) is 12.8 Å². The molecule has 0 aliphatic carbocycles. The summed E-state index contributed by atoms with van der Waals surface area (Å²) < 4.78 is 24.8. The molecule has 0 bridgehead atoms. The minimum atomic E-state index is -4.08. The Labute approximate surface area is 160 Å². The van der Waals surface area contributed by atoms with Crippen LogP contribution in [0, 0.1) is 0 Å². The molecule has 0 rings (SSSR count). The van der Waals surface area contributed by atoms with Crippen LogP contribution in [0.3, 0.4) is 0 Å². The molecule has 0 spiro atoms. The lowest BCUT2D eigenvalue weighted by atomic mass is 10.1. The van der Waals surface area contributed by atoms with Crippen molar-refractivity contribution in [2.45, 2.75) is 81.2 Å². The van der Waals surface area contributed by atoms with Crippen molar-refractivity contribution in [3.8, 4) is 0 Å². The second-order valence-corrected chi connectivity index (χ2v) is 9.56. The van der Waals surface area contributed by atoms with Gasteiger partial charge in [-0.25, -0.2) is 13.6 Å². The summed E-state index contributed by atoms with van der Waals surface area (Å²) >= 11 is 23.6. The standard InChI is InChI=1S/C14H27Cl4O4P/c1-4-7-8-9-10-11-12-20-23(19,21-13(15,16)5-2)22-14(17,18)6-3/h4-12H2,1-3H3. The second-order valence-electron chi connectivity index (χ2n) is 5.21. The van der Waals surface area contributed by atoms with Crippen LogP contribution in [0.4, 0.5) is 0 Å². The summed E-state index contributed by atoms with van der Waals surface area (Å²) in [5.74, 6) is 0. The maximum Gasteiger partial charge on any atom is 0.480 e. The molecule has 0 atom stereocenters. The minimum absolute atomic E-state index is 0.185. The fourth-order valence-corrected chi connectivity index (χ4v) is 4.01. The van der Waals surface area contributed by atoms with Gasteiger partial charge in [-0.1, -0.05) is 99.3 Å². The Hall–Kier alpha value is 1.27. The van der Waals surface area contributed by atoms with Crippen molar-refractivity contribution in [2.75, 3.05) is 6.61 Å². The molecule has 0 saturated carbocycles. The second kappa shape index (κ2) is 11.8. The van der Waals surface area contributed by atoms with E-state index in [9.17, 15) is 4.57 Å². The van der Waals surface area contributed by atoms with Crippen LogP contribution in [0.5, 0.6) is 0 Å². The van der Waals surface area contributed by atoms with Gasteiger partial charge >= 0.3 is 7.82 Å². The molecule has 0 heterocycles. The van der Waals surface area contributed by atoms with E-state index < -0.39 is 16.9 Å². The number of rotatable bonds is 14. The van der Waals surface area contributed by atoms with Crippen molar-refractivity contribution < 1.29 is 18.1 Å². The van der Waals surface area contributed by atoms with Crippen molar-refractivity contribution in [2.24, 2.45) is 0 Å². The number of phosphoric acid groups is 1. The fraction of sp³-hybridized carbons (Fsp3) is 1.00. The molecule has 0 amide bonds. The Kier molecular flexibility index (Phi) is 12.5. The maximum absolute atomic E-state index is 12.7. The first-order valence-corrected chi connectivity index (χ1v) is 11.0. The molecule has 0 radical (unpaired) electrons. The summed E-state index contributed by atoms with van der Waals surface area (Å²) in [6.07, 6.45) is 6.71. The van der Waals surface area contributed by atoms with E-state index in [2.05, 4.69) is 6.92 Å². The zero-order chi connectivity index (χ0) is 18.0. The summed E-state index contributed by atoms with van der Waals surface area (Å²) in [7, 11) is -4.08. The van der Waals surface area contributed by atoms with Crippen LogP contribution in [-0.2, 0) is 18.1 Å². The highest BCUT2D eigenvalue weighted by Crippen LogP contribution is 2.59. The lowest BCUT2D eigenvalue weighted by Gasteiger charge is -2.28. The van der Waals surface area contributed by atoms with Crippen molar-refractivity contribution >= 4 is 54.2 Å². The van der Waals surface area contributed by atoms with Crippen LogP contribution in [0.2, 0.25) is 0 Å². The maximum atomic E-state index is 12.7. The first-order valence-electron chi connectivity index (χ1n) is 8.01. The first kappa shape index (κ1) is 24.3. The Morgan fingerprint density at radius 2 is 1.22 bits per heavy atom. The van der Waals surface area contributed by atoms with E-state index in [0.29, 0.717) is 6.42 Å². The molecule has 23 heavy (non-hydrogen) atoms. The lowest BCUT2D eigenvalue weighted by Crippen LogP contribution is -2.22. The van der Waals surface area contributed by atoms with E-state index in [0.717, 1.165) is 12.8 Å². The summed E-state index contributed by atoms with van der Waals surface area (Å²) in [5.41, 5.74) is 0. The van der Waals surface area contributed by atoms with Crippen LogP contribution in [0.25, 0.3) is 0 Å². The first-order chi connectivity index (χ1) is 10.6. The van der Waals surface area contributed by atoms with E-state index >= 15 is 0 Å². The third-order valence-corrected chi connectivity index (χ3v) is 6.44. The number of hydrogen-bond donors (Lipinski definition) is 0. The molecule has 4 nitrogen and oxygen atoms in total. The molecule has 0 aliphatic heterocycles. The lowest BCUT2D eigenvalue weighted by molar-refractivity contribution is 0.0685. The van der Waals surface area contributed by atoms with Gasteiger partial charge in [-0.05, 0) is 6.42 Å². The SMILES string of the molecule is CCCCCCCCOP(=O)(OC(Cl)(Cl)CC)OC(Cl)(Cl)CC. The zero-order valence-corrected chi connectivity index (χ0v) is 17.9. The molecular weight excluding hydrogens is 405 g/mol. The van der Waals surface area contributed by atoms with Gasteiger partial charge in [0.2, 0.25) is 9.04 Å². The third-order valence-electron chi connectivity index (χ3n) is 3.06. The zero-order valence-electron chi connectivity index (χ0n) is 14.0. The van der Waals surface area contributed by atoms with Crippen molar-refractivity contribution in [3.05, 3.63) is 0 Å². The van der Waals surface area contributed by atoms with Gasteiger partial charge in [0.25, 0.3) is 0 Å². The molecule has 9 heteroatoms. The molecule has 140 valence electrons. The quantitative estimate of drug-likeness (QED) is 0.161. The Morgan fingerprint density at radius 1 is 0.783 bits per heavy atom. The van der Waals surface area contributed by atoms with Gasteiger partial charge in [-0.15, -0.1) is 0 Å². The Bertz CT molecular complexity index is 345. The predicted molar refractivity (Wildman–Crippen MR) is 98.6 cm³/mol. The van der Waals surface area contributed by atoms with E-state index in [4.69, 9.17) is 60.0 Å². The molecule has 0 N–H and O–H groups in total. The van der Waals surface area contributed by atoms with Gasteiger partial charge in [-0.3, -0.25) is 4.52 Å². The van der Waals surface area contributed by atoms with Crippen molar-refractivity contribution in [1.82, 2.24) is 0 Å². The number of alkyl halides is 4. The molecule has 0 saturated heterocycles. The molecule has 0 aromatic rings. The minimum Gasteiger partial charge on any atom is -0.287 e. The van der Waals surface area contributed by atoms with Gasteiger partial charge < -0.3 is 0 Å². The van der Waals surface area contributed by atoms with Crippen LogP contribution < -0.4 is 0 Å². The van der Waals surface area contributed by atoms with Crippen LogP contribution >= 0.6 is 54.2 Å². The highest BCUT2D eigenvalue weighted by Gasteiger charge is 2.43. The van der Waals surface area contributed by atoms with Crippen LogP contribution in [0.1, 0.15) is 72.1 Å². The summed E-state index contributed by atoms with van der Waals surface area (Å²) in [6.45, 7) is 5.69. The highest BCUT2D eigenvalue weighted by atomic mass is 35.5. The number of hydrogen-bond acceptors (Lipinski definition) is 4. The van der Waals surface area contributed by atoms with Gasteiger partial charge in [-0.2, -0.15) is 0 Å². The predicted octanol–water partition coefficient (Wildman–Crippen LogP) is 7.59. The average Bonchev–Trinajstić information content (AvgIpc) is 2.45. The summed E-state index contributed by atoms with van der Waals surface area (Å²) in [4.78, 5) is 0. The Morgan fingerprint density at radius 3 is 1.65 bits per heavy atom. The number of phosphoric ester groups is 1. The number of halogens is 4. The molecule has 0 aliphatic rings. The highest BCUT2D eigenvalue weighted by molar-refractivity contribution is 7.48. The molecule has 0 fully saturated rings. The fourth-order valence-electron chi connectivity index (χ4n) is 1.59. The molecule has 0 aromatic heterocycles. The third kappa shape index (κ3) is 12.3. The van der Waals surface area contributed by atoms with Crippen molar-refractivity contribution in [3.63, 3.8) is 0 Å². The van der Waals surface area contributed by atoms with E-state index in [1.807, 2.05) is 0 Å². The topological polar surface area (TPSA) is 44.8 Å². The number of unbranched alkanes of at least 4 members (excludes halogenated alkanes) is 5. The van der Waals surface area contributed by atoms with Crippen LogP contribution in [-0.4, -0.2) is 15.6 Å². The molecule has 0 unspecified atom stereocenters.